The van der Waals surface area contributed by atoms with Crippen molar-refractivity contribution in [1.29, 1.82) is 0 Å². The zero-order chi connectivity index (χ0) is 16.2. The summed E-state index contributed by atoms with van der Waals surface area (Å²) in [5.41, 5.74) is 0.909. The molecule has 0 saturated carbocycles. The maximum Gasteiger partial charge on any atom is 0.251 e. The second kappa shape index (κ2) is 6.54. The summed E-state index contributed by atoms with van der Waals surface area (Å²) in [7, 11) is 0. The predicted octanol–water partition coefficient (Wildman–Crippen LogP) is 2.42. The molecule has 0 atom stereocenters. The van der Waals surface area contributed by atoms with Gasteiger partial charge in [0.1, 0.15) is 0 Å². The van der Waals surface area contributed by atoms with Crippen LogP contribution >= 0.6 is 0 Å². The Labute approximate surface area is 129 Å². The molecule has 0 radical (unpaired) electrons. The Morgan fingerprint density at radius 3 is 1.95 bits per heavy atom. The summed E-state index contributed by atoms with van der Waals surface area (Å²) in [6.45, 7) is 3.32. The van der Waals surface area contributed by atoms with Crippen LogP contribution in [-0.2, 0) is 0 Å². The average molecular weight is 297 g/mol. The lowest BCUT2D eigenvalue weighted by atomic mass is 10.0. The van der Waals surface area contributed by atoms with Crippen LogP contribution in [0.4, 0.5) is 0 Å². The van der Waals surface area contributed by atoms with E-state index in [2.05, 4.69) is 5.32 Å². The van der Waals surface area contributed by atoms with Crippen LogP contribution in [0.25, 0.3) is 0 Å². The number of rotatable bonds is 5. The van der Waals surface area contributed by atoms with Gasteiger partial charge in [-0.2, -0.15) is 0 Å². The summed E-state index contributed by atoms with van der Waals surface area (Å²) >= 11 is 0. The zero-order valence-corrected chi connectivity index (χ0v) is 12.7. The van der Waals surface area contributed by atoms with Crippen LogP contribution in [0.2, 0.25) is 0 Å². The summed E-state index contributed by atoms with van der Waals surface area (Å²) < 4.78 is 0. The van der Waals surface area contributed by atoms with Gasteiger partial charge in [-0.25, -0.2) is 0 Å². The number of carbonyl (C=O) groups excluding carboxylic acids is 2. The molecule has 2 N–H and O–H groups in total. The van der Waals surface area contributed by atoms with Crippen LogP contribution in [0.3, 0.4) is 0 Å². The van der Waals surface area contributed by atoms with E-state index in [4.69, 9.17) is 0 Å². The molecule has 0 fully saturated rings. The van der Waals surface area contributed by atoms with Crippen molar-refractivity contribution in [1.82, 2.24) is 5.32 Å². The molecule has 2 rings (SSSR count). The first-order chi connectivity index (χ1) is 10.4. The zero-order valence-electron chi connectivity index (χ0n) is 12.7. The number of aliphatic hydroxyl groups excluding tert-OH is 1. The molecule has 0 aromatic heterocycles. The van der Waals surface area contributed by atoms with E-state index in [-0.39, 0.29) is 18.3 Å². The number of carbonyl (C=O) groups is 2. The highest BCUT2D eigenvalue weighted by molar-refractivity contribution is 6.09. The van der Waals surface area contributed by atoms with Gasteiger partial charge >= 0.3 is 0 Å². The Morgan fingerprint density at radius 1 is 0.909 bits per heavy atom. The van der Waals surface area contributed by atoms with E-state index in [1.165, 1.54) is 0 Å². The minimum atomic E-state index is -0.685. The molecule has 0 bridgehead atoms. The van der Waals surface area contributed by atoms with Gasteiger partial charge in [-0.3, -0.25) is 9.59 Å². The highest BCUT2D eigenvalue weighted by atomic mass is 16.3. The molecule has 4 heteroatoms. The molecule has 0 unspecified atom stereocenters. The number of benzene rings is 2. The average Bonchev–Trinajstić information content (AvgIpc) is 2.55. The molecule has 0 spiro atoms. The molecule has 0 heterocycles. The first kappa shape index (κ1) is 15.9. The Bertz CT molecular complexity index is 660. The van der Waals surface area contributed by atoms with Crippen LogP contribution < -0.4 is 5.32 Å². The molecule has 2 aromatic carbocycles. The van der Waals surface area contributed by atoms with Gasteiger partial charge < -0.3 is 10.4 Å². The number of ketones is 1. The van der Waals surface area contributed by atoms with E-state index in [1.807, 2.05) is 18.2 Å². The minimum absolute atomic E-state index is 0.0803. The molecule has 0 aliphatic rings. The van der Waals surface area contributed by atoms with Gasteiger partial charge in [0, 0.05) is 16.7 Å². The molecular weight excluding hydrogens is 278 g/mol. The molecule has 0 aliphatic heterocycles. The third-order valence-corrected chi connectivity index (χ3v) is 3.29. The lowest BCUT2D eigenvalue weighted by Crippen LogP contribution is -2.46. The fourth-order valence-electron chi connectivity index (χ4n) is 1.95. The summed E-state index contributed by atoms with van der Waals surface area (Å²) in [6, 6.07) is 15.5. The van der Waals surface area contributed by atoms with E-state index in [0.717, 1.165) is 0 Å². The van der Waals surface area contributed by atoms with Crippen molar-refractivity contribution in [3.05, 3.63) is 71.3 Å². The highest BCUT2D eigenvalue weighted by Gasteiger charge is 2.20. The Hall–Kier alpha value is -2.46. The largest absolute Gasteiger partial charge is 0.394 e. The highest BCUT2D eigenvalue weighted by Crippen LogP contribution is 2.12. The van der Waals surface area contributed by atoms with Gasteiger partial charge in [0.2, 0.25) is 0 Å². The minimum Gasteiger partial charge on any atom is -0.394 e. The molecule has 22 heavy (non-hydrogen) atoms. The molecule has 4 nitrogen and oxygen atoms in total. The third kappa shape index (κ3) is 3.80. The van der Waals surface area contributed by atoms with Crippen LogP contribution in [0, 0.1) is 0 Å². The van der Waals surface area contributed by atoms with Crippen LogP contribution in [-0.4, -0.2) is 28.9 Å². The van der Waals surface area contributed by atoms with Gasteiger partial charge in [0.15, 0.2) is 5.78 Å². The fraction of sp³-hybridized carbons (Fsp3) is 0.222. The van der Waals surface area contributed by atoms with Crippen molar-refractivity contribution in [3.63, 3.8) is 0 Å². The van der Waals surface area contributed by atoms with E-state index in [9.17, 15) is 14.7 Å². The van der Waals surface area contributed by atoms with Crippen LogP contribution in [0.15, 0.2) is 54.6 Å². The van der Waals surface area contributed by atoms with E-state index in [0.29, 0.717) is 16.7 Å². The smallest absolute Gasteiger partial charge is 0.251 e. The molecular formula is C18H19NO3. The Kier molecular flexibility index (Phi) is 4.73. The number of amides is 1. The molecule has 0 aliphatic carbocycles. The molecule has 114 valence electrons. The van der Waals surface area contributed by atoms with E-state index >= 15 is 0 Å². The maximum absolute atomic E-state index is 12.3. The lowest BCUT2D eigenvalue weighted by molar-refractivity contribution is 0.0868. The Morgan fingerprint density at radius 2 is 1.41 bits per heavy atom. The van der Waals surface area contributed by atoms with Crippen molar-refractivity contribution in [2.24, 2.45) is 0 Å². The van der Waals surface area contributed by atoms with E-state index < -0.39 is 5.54 Å². The Balaban J connectivity index is 2.14. The predicted molar refractivity (Wildman–Crippen MR) is 84.9 cm³/mol. The van der Waals surface area contributed by atoms with Crippen molar-refractivity contribution in [2.45, 2.75) is 19.4 Å². The monoisotopic (exact) mass is 297 g/mol. The summed E-state index contributed by atoms with van der Waals surface area (Å²) in [4.78, 5) is 24.3. The second-order valence-corrected chi connectivity index (χ2v) is 5.77. The van der Waals surface area contributed by atoms with Crippen molar-refractivity contribution in [3.8, 4) is 0 Å². The quantitative estimate of drug-likeness (QED) is 0.833. The van der Waals surface area contributed by atoms with E-state index in [1.54, 1.807) is 50.2 Å². The molecule has 0 saturated heterocycles. The molecule has 2 aromatic rings. The van der Waals surface area contributed by atoms with Crippen molar-refractivity contribution >= 4 is 11.7 Å². The van der Waals surface area contributed by atoms with Gasteiger partial charge in [0.25, 0.3) is 5.91 Å². The maximum atomic E-state index is 12.3. The first-order valence-electron chi connectivity index (χ1n) is 7.06. The number of nitrogens with one attached hydrogen (secondary N) is 1. The SMILES string of the molecule is CC(C)(CO)NC(=O)c1ccc(C(=O)c2ccccc2)cc1. The second-order valence-electron chi connectivity index (χ2n) is 5.77. The summed E-state index contributed by atoms with van der Waals surface area (Å²) in [6.07, 6.45) is 0. The summed E-state index contributed by atoms with van der Waals surface area (Å²) in [5, 5.41) is 11.9. The number of hydrogen-bond donors (Lipinski definition) is 2. The van der Waals surface area contributed by atoms with Gasteiger partial charge in [0.05, 0.1) is 12.1 Å². The number of aliphatic hydroxyl groups is 1. The van der Waals surface area contributed by atoms with Gasteiger partial charge in [-0.1, -0.05) is 42.5 Å². The van der Waals surface area contributed by atoms with Crippen LogP contribution in [0.1, 0.15) is 40.1 Å². The van der Waals surface area contributed by atoms with Crippen LogP contribution in [0.5, 0.6) is 0 Å². The van der Waals surface area contributed by atoms with Gasteiger partial charge in [-0.05, 0) is 26.0 Å². The topological polar surface area (TPSA) is 66.4 Å². The fourth-order valence-corrected chi connectivity index (χ4v) is 1.95. The first-order valence-corrected chi connectivity index (χ1v) is 7.06. The number of hydrogen-bond acceptors (Lipinski definition) is 3. The summed E-state index contributed by atoms with van der Waals surface area (Å²) in [5.74, 6) is -0.360. The normalized spacial score (nSPS) is 11.0. The standard InChI is InChI=1S/C18H19NO3/c1-18(2,12-20)19-17(22)15-10-8-14(9-11-15)16(21)13-6-4-3-5-7-13/h3-11,20H,12H2,1-2H3,(H,19,22). The van der Waals surface area contributed by atoms with Crippen molar-refractivity contribution in [2.75, 3.05) is 6.61 Å². The van der Waals surface area contributed by atoms with Crippen molar-refractivity contribution < 1.29 is 14.7 Å². The molecule has 1 amide bonds. The van der Waals surface area contributed by atoms with Gasteiger partial charge in [-0.15, -0.1) is 0 Å². The lowest BCUT2D eigenvalue weighted by Gasteiger charge is -2.23. The third-order valence-electron chi connectivity index (χ3n) is 3.29.